The van der Waals surface area contributed by atoms with E-state index in [4.69, 9.17) is 20.6 Å². The maximum atomic E-state index is 13.6. The van der Waals surface area contributed by atoms with Crippen molar-refractivity contribution in [1.82, 2.24) is 19.5 Å². The molecule has 180 valence electrons. The van der Waals surface area contributed by atoms with Crippen LogP contribution in [0.1, 0.15) is 75.6 Å². The number of likely N-dealkylation sites (tertiary alicyclic amines) is 1. The minimum atomic E-state index is 0.0318. The van der Waals surface area contributed by atoms with Crippen molar-refractivity contribution in [2.24, 2.45) is 11.7 Å². The van der Waals surface area contributed by atoms with Crippen LogP contribution in [0.2, 0.25) is 0 Å². The molecule has 4 atom stereocenters. The quantitative estimate of drug-likeness (QED) is 0.746. The van der Waals surface area contributed by atoms with Gasteiger partial charge in [-0.2, -0.15) is 5.10 Å². The Morgan fingerprint density at radius 1 is 1.18 bits per heavy atom. The van der Waals surface area contributed by atoms with Gasteiger partial charge in [0.05, 0.1) is 17.8 Å². The second-order valence-corrected chi connectivity index (χ2v) is 10.1. The SMILES string of the molecule is CCOC1CCCC(C(=O)N2CCCC[C@H]2c2cc3nc(N4CC[C@H](N)C4)c(C)cn3n2)C1. The van der Waals surface area contributed by atoms with E-state index in [0.29, 0.717) is 0 Å². The van der Waals surface area contributed by atoms with E-state index in [2.05, 4.69) is 29.0 Å². The van der Waals surface area contributed by atoms with Crippen molar-refractivity contribution in [3.05, 3.63) is 23.5 Å². The van der Waals surface area contributed by atoms with Gasteiger partial charge in [-0.3, -0.25) is 4.79 Å². The molecule has 1 aliphatic carbocycles. The first-order valence-corrected chi connectivity index (χ1v) is 12.8. The van der Waals surface area contributed by atoms with Gasteiger partial charge in [0.1, 0.15) is 5.82 Å². The van der Waals surface area contributed by atoms with Crippen LogP contribution in [-0.4, -0.2) is 63.8 Å². The molecule has 0 aromatic carbocycles. The van der Waals surface area contributed by atoms with Crippen molar-refractivity contribution in [3.8, 4) is 0 Å². The molecule has 2 N–H and O–H groups in total. The van der Waals surface area contributed by atoms with Crippen LogP contribution in [0.3, 0.4) is 0 Å². The van der Waals surface area contributed by atoms with Crippen LogP contribution < -0.4 is 10.6 Å². The summed E-state index contributed by atoms with van der Waals surface area (Å²) in [5.41, 5.74) is 9.03. The van der Waals surface area contributed by atoms with Crippen LogP contribution in [-0.2, 0) is 9.53 Å². The second kappa shape index (κ2) is 9.58. The fraction of sp³-hybridized carbons (Fsp3) is 0.720. The summed E-state index contributed by atoms with van der Waals surface area (Å²) in [4.78, 5) is 23.0. The van der Waals surface area contributed by atoms with Gasteiger partial charge < -0.3 is 20.3 Å². The molecule has 8 heteroatoms. The van der Waals surface area contributed by atoms with Crippen molar-refractivity contribution >= 4 is 17.4 Å². The molecular formula is C25H38N6O2. The highest BCUT2D eigenvalue weighted by molar-refractivity contribution is 5.79. The number of hydrogen-bond acceptors (Lipinski definition) is 6. The van der Waals surface area contributed by atoms with E-state index in [1.165, 1.54) is 0 Å². The summed E-state index contributed by atoms with van der Waals surface area (Å²) in [6.45, 7) is 7.45. The van der Waals surface area contributed by atoms with Gasteiger partial charge in [0, 0.05) is 56.0 Å². The minimum absolute atomic E-state index is 0.0318. The molecule has 8 nitrogen and oxygen atoms in total. The predicted octanol–water partition coefficient (Wildman–Crippen LogP) is 3.22. The van der Waals surface area contributed by atoms with Crippen molar-refractivity contribution in [2.45, 2.75) is 83.4 Å². The number of nitrogens with zero attached hydrogens (tertiary/aromatic N) is 5. The zero-order valence-corrected chi connectivity index (χ0v) is 20.1. The Balaban J connectivity index is 1.38. The van der Waals surface area contributed by atoms with E-state index in [0.717, 1.165) is 100 Å². The van der Waals surface area contributed by atoms with Crippen LogP contribution in [0.4, 0.5) is 5.82 Å². The fourth-order valence-electron chi connectivity index (χ4n) is 5.98. The van der Waals surface area contributed by atoms with Crippen molar-refractivity contribution < 1.29 is 9.53 Å². The van der Waals surface area contributed by atoms with E-state index < -0.39 is 0 Å². The lowest BCUT2D eigenvalue weighted by molar-refractivity contribution is -0.142. The molecule has 4 heterocycles. The molecule has 1 saturated carbocycles. The predicted molar refractivity (Wildman–Crippen MR) is 128 cm³/mol. The molecule has 0 radical (unpaired) electrons. The Labute approximate surface area is 196 Å². The Bertz CT molecular complexity index is 989. The third-order valence-electron chi connectivity index (χ3n) is 7.65. The number of carbonyl (C=O) groups excluding carboxylic acids is 1. The van der Waals surface area contributed by atoms with Gasteiger partial charge in [-0.25, -0.2) is 9.50 Å². The molecule has 1 amide bonds. The number of nitrogens with two attached hydrogens (primary N) is 1. The minimum Gasteiger partial charge on any atom is -0.378 e. The third-order valence-corrected chi connectivity index (χ3v) is 7.65. The molecular weight excluding hydrogens is 416 g/mol. The lowest BCUT2D eigenvalue weighted by atomic mass is 9.85. The highest BCUT2D eigenvalue weighted by atomic mass is 16.5. The number of ether oxygens (including phenoxy) is 1. The van der Waals surface area contributed by atoms with E-state index >= 15 is 0 Å². The zero-order valence-electron chi connectivity index (χ0n) is 20.1. The zero-order chi connectivity index (χ0) is 22.9. The number of carbonyl (C=O) groups is 1. The first kappa shape index (κ1) is 22.6. The standard InChI is InChI=1S/C25H38N6O2/c1-3-33-20-8-6-7-18(13-20)25(32)30-11-5-4-9-22(30)21-14-23-27-24(17(2)15-31(23)28-21)29-12-10-19(26)16-29/h14-15,18-20,22H,3-13,16,26H2,1-2H3/t18?,19-,20?,22-/m0/s1. The van der Waals surface area contributed by atoms with Crippen LogP contribution in [0, 0.1) is 12.8 Å². The van der Waals surface area contributed by atoms with E-state index in [-0.39, 0.29) is 30.0 Å². The molecule has 3 fully saturated rings. The normalized spacial score (nSPS) is 28.6. The molecule has 33 heavy (non-hydrogen) atoms. The maximum Gasteiger partial charge on any atom is 0.226 e. The number of hydrogen-bond donors (Lipinski definition) is 1. The van der Waals surface area contributed by atoms with Crippen molar-refractivity contribution in [2.75, 3.05) is 31.1 Å². The van der Waals surface area contributed by atoms with Gasteiger partial charge >= 0.3 is 0 Å². The number of fused-ring (bicyclic) bond motifs is 1. The van der Waals surface area contributed by atoms with E-state index in [1.54, 1.807) is 0 Å². The fourth-order valence-corrected chi connectivity index (χ4v) is 5.98. The van der Waals surface area contributed by atoms with Crippen LogP contribution in [0.25, 0.3) is 5.65 Å². The molecule has 0 bridgehead atoms. The number of amides is 1. The smallest absolute Gasteiger partial charge is 0.226 e. The van der Waals surface area contributed by atoms with E-state index in [9.17, 15) is 4.79 Å². The maximum absolute atomic E-state index is 13.6. The van der Waals surface area contributed by atoms with Crippen molar-refractivity contribution in [1.29, 1.82) is 0 Å². The molecule has 2 saturated heterocycles. The first-order valence-electron chi connectivity index (χ1n) is 12.8. The van der Waals surface area contributed by atoms with Crippen molar-refractivity contribution in [3.63, 3.8) is 0 Å². The number of piperidine rings is 1. The van der Waals surface area contributed by atoms with Gasteiger partial charge in [0.15, 0.2) is 5.65 Å². The van der Waals surface area contributed by atoms with E-state index in [1.807, 2.05) is 11.4 Å². The summed E-state index contributed by atoms with van der Waals surface area (Å²) in [5.74, 6) is 1.36. The molecule has 0 spiro atoms. The lowest BCUT2D eigenvalue weighted by Gasteiger charge is -2.39. The molecule has 2 aliphatic heterocycles. The first-order chi connectivity index (χ1) is 16.0. The lowest BCUT2D eigenvalue weighted by Crippen LogP contribution is -2.44. The van der Waals surface area contributed by atoms with Gasteiger partial charge in [-0.15, -0.1) is 0 Å². The summed E-state index contributed by atoms with van der Waals surface area (Å²) >= 11 is 0. The Morgan fingerprint density at radius 3 is 2.85 bits per heavy atom. The van der Waals surface area contributed by atoms with Gasteiger partial charge in [-0.1, -0.05) is 6.42 Å². The average molecular weight is 455 g/mol. The van der Waals surface area contributed by atoms with Gasteiger partial charge in [0.25, 0.3) is 0 Å². The van der Waals surface area contributed by atoms with Gasteiger partial charge in [-0.05, 0) is 58.8 Å². The topological polar surface area (TPSA) is 89.0 Å². The molecule has 3 aliphatic rings. The monoisotopic (exact) mass is 454 g/mol. The highest BCUT2D eigenvalue weighted by Gasteiger charge is 2.36. The Kier molecular flexibility index (Phi) is 6.56. The summed E-state index contributed by atoms with van der Waals surface area (Å²) in [6.07, 6.45) is 10.4. The summed E-state index contributed by atoms with van der Waals surface area (Å²) in [5, 5.41) is 4.89. The summed E-state index contributed by atoms with van der Waals surface area (Å²) in [6, 6.07) is 2.33. The molecule has 5 rings (SSSR count). The molecule has 2 aromatic heterocycles. The second-order valence-electron chi connectivity index (χ2n) is 10.1. The average Bonchev–Trinajstić information content (AvgIpc) is 3.44. The van der Waals surface area contributed by atoms with Gasteiger partial charge in [0.2, 0.25) is 5.91 Å². The summed E-state index contributed by atoms with van der Waals surface area (Å²) < 4.78 is 7.75. The molecule has 2 unspecified atom stereocenters. The highest BCUT2D eigenvalue weighted by Crippen LogP contribution is 2.35. The summed E-state index contributed by atoms with van der Waals surface area (Å²) in [7, 11) is 0. The third kappa shape index (κ3) is 4.60. The Hall–Kier alpha value is -2.19. The number of aromatic nitrogens is 3. The van der Waals surface area contributed by atoms with Crippen LogP contribution in [0.15, 0.2) is 12.3 Å². The largest absolute Gasteiger partial charge is 0.378 e. The number of aryl methyl sites for hydroxylation is 1. The number of rotatable bonds is 5. The van der Waals surface area contributed by atoms with Crippen LogP contribution >= 0.6 is 0 Å². The molecule has 2 aromatic rings. The Morgan fingerprint density at radius 2 is 2.06 bits per heavy atom. The van der Waals surface area contributed by atoms with Crippen LogP contribution in [0.5, 0.6) is 0 Å². The number of anilines is 1.